The number of nitrogens with zero attached hydrogens (tertiary/aromatic N) is 4. The SMILES string of the molecule is Cc1ccn(-c2ccc(-c3nnc(OC4CC5CNC(C4F)C5(C)F)s3)c(O)c2)n1. The molecule has 3 heterocycles. The summed E-state index contributed by atoms with van der Waals surface area (Å²) < 4.78 is 36.9. The van der Waals surface area contributed by atoms with Crippen LogP contribution in [0, 0.1) is 12.8 Å². The van der Waals surface area contributed by atoms with Crippen molar-refractivity contribution < 1.29 is 18.6 Å². The van der Waals surface area contributed by atoms with Crippen molar-refractivity contribution in [1.29, 1.82) is 0 Å². The second kappa shape index (κ2) is 6.98. The van der Waals surface area contributed by atoms with Gasteiger partial charge in [-0.3, -0.25) is 0 Å². The molecule has 5 atom stereocenters. The fraction of sp³-hybridized carbons (Fsp3) is 0.450. The minimum Gasteiger partial charge on any atom is -0.507 e. The third-order valence-corrected chi connectivity index (χ3v) is 6.89. The van der Waals surface area contributed by atoms with Gasteiger partial charge in [0.05, 0.1) is 23.0 Å². The summed E-state index contributed by atoms with van der Waals surface area (Å²) in [5, 5.41) is 26.4. The van der Waals surface area contributed by atoms with Crippen LogP contribution in [0.3, 0.4) is 0 Å². The van der Waals surface area contributed by atoms with Crippen LogP contribution in [0.15, 0.2) is 30.5 Å². The number of phenols is 1. The maximum Gasteiger partial charge on any atom is 0.294 e. The third-order valence-electron chi connectivity index (χ3n) is 6.04. The molecule has 1 saturated heterocycles. The van der Waals surface area contributed by atoms with Crippen molar-refractivity contribution >= 4 is 11.3 Å². The van der Waals surface area contributed by atoms with Crippen molar-refractivity contribution in [1.82, 2.24) is 25.3 Å². The van der Waals surface area contributed by atoms with Crippen molar-refractivity contribution in [2.24, 2.45) is 5.92 Å². The molecule has 1 aliphatic heterocycles. The molecule has 2 aromatic heterocycles. The van der Waals surface area contributed by atoms with Crippen LogP contribution in [0.5, 0.6) is 10.9 Å². The molecule has 5 rings (SSSR count). The van der Waals surface area contributed by atoms with Gasteiger partial charge in [-0.15, -0.1) is 5.10 Å². The molecule has 7 nitrogen and oxygen atoms in total. The molecular weight excluding hydrogens is 412 g/mol. The number of rotatable bonds is 4. The van der Waals surface area contributed by atoms with Crippen LogP contribution in [0.4, 0.5) is 8.78 Å². The summed E-state index contributed by atoms with van der Waals surface area (Å²) in [7, 11) is 0. The first-order chi connectivity index (χ1) is 14.3. The zero-order chi connectivity index (χ0) is 21.0. The van der Waals surface area contributed by atoms with Crippen LogP contribution in [0.2, 0.25) is 0 Å². The van der Waals surface area contributed by atoms with E-state index < -0.39 is 24.0 Å². The molecule has 30 heavy (non-hydrogen) atoms. The maximum absolute atomic E-state index is 14.8. The Balaban J connectivity index is 1.34. The van der Waals surface area contributed by atoms with Crippen molar-refractivity contribution in [3.8, 4) is 27.2 Å². The first-order valence-electron chi connectivity index (χ1n) is 9.75. The van der Waals surface area contributed by atoms with E-state index >= 15 is 0 Å². The Kier molecular flexibility index (Phi) is 4.51. The van der Waals surface area contributed by atoms with Crippen molar-refractivity contribution in [2.45, 2.75) is 44.3 Å². The average Bonchev–Trinajstić information content (AvgIpc) is 3.37. The fourth-order valence-corrected chi connectivity index (χ4v) is 5.08. The van der Waals surface area contributed by atoms with Crippen LogP contribution in [-0.4, -0.2) is 55.6 Å². The standard InChI is InChI=1S/C20H21F2N5O2S/c1-10-5-6-27(26-10)12-3-4-13(14(28)8-12)18-24-25-19(30-18)29-15-7-11-9-23-17(16(15)21)20(11,2)22/h3-6,8,11,15-17,23,28H,7,9H2,1-2H3. The zero-order valence-electron chi connectivity index (χ0n) is 16.4. The summed E-state index contributed by atoms with van der Waals surface area (Å²) >= 11 is 1.12. The second-order valence-corrected chi connectivity index (χ2v) is 8.99. The number of aryl methyl sites for hydroxylation is 1. The highest BCUT2D eigenvalue weighted by Gasteiger charge is 2.58. The number of aromatic hydroxyl groups is 1. The lowest BCUT2D eigenvalue weighted by Crippen LogP contribution is -2.56. The van der Waals surface area contributed by atoms with E-state index in [-0.39, 0.29) is 23.3 Å². The molecule has 1 aromatic carbocycles. The van der Waals surface area contributed by atoms with Crippen molar-refractivity contribution in [2.75, 3.05) is 6.54 Å². The second-order valence-electron chi connectivity index (χ2n) is 8.05. The number of halogens is 2. The Morgan fingerprint density at radius 3 is 2.90 bits per heavy atom. The Morgan fingerprint density at radius 2 is 2.17 bits per heavy atom. The molecule has 2 fully saturated rings. The van der Waals surface area contributed by atoms with E-state index in [1.54, 1.807) is 16.8 Å². The summed E-state index contributed by atoms with van der Waals surface area (Å²) in [4.78, 5) is 0. The van der Waals surface area contributed by atoms with E-state index in [0.717, 1.165) is 17.0 Å². The predicted molar refractivity (Wildman–Crippen MR) is 108 cm³/mol. The van der Waals surface area contributed by atoms with Gasteiger partial charge >= 0.3 is 0 Å². The molecule has 0 amide bonds. The van der Waals surface area contributed by atoms with Gasteiger partial charge in [0.2, 0.25) is 0 Å². The van der Waals surface area contributed by atoms with E-state index in [2.05, 4.69) is 20.6 Å². The van der Waals surface area contributed by atoms with E-state index in [1.807, 2.05) is 25.3 Å². The van der Waals surface area contributed by atoms with Gasteiger partial charge in [0, 0.05) is 24.7 Å². The van der Waals surface area contributed by atoms with Crippen LogP contribution in [0.25, 0.3) is 16.3 Å². The zero-order valence-corrected chi connectivity index (χ0v) is 17.2. The summed E-state index contributed by atoms with van der Waals surface area (Å²) in [5.41, 5.74) is 0.500. The summed E-state index contributed by atoms with van der Waals surface area (Å²) in [6, 6.07) is 6.12. The molecule has 1 aliphatic carbocycles. The summed E-state index contributed by atoms with van der Waals surface area (Å²) in [6.07, 6.45) is -0.173. The Morgan fingerprint density at radius 1 is 1.33 bits per heavy atom. The molecule has 3 aromatic rings. The van der Waals surface area contributed by atoms with E-state index in [0.29, 0.717) is 22.8 Å². The van der Waals surface area contributed by atoms with Gasteiger partial charge in [0.15, 0.2) is 11.2 Å². The molecule has 2 aliphatic rings. The molecule has 0 spiro atoms. The normalized spacial score (nSPS) is 30.5. The van der Waals surface area contributed by atoms with Crippen LogP contribution < -0.4 is 10.1 Å². The Labute approximate surface area is 175 Å². The number of hydrogen-bond donors (Lipinski definition) is 2. The number of alkyl halides is 2. The van der Waals surface area contributed by atoms with Gasteiger partial charge < -0.3 is 15.2 Å². The number of nitrogens with one attached hydrogen (secondary N) is 1. The maximum atomic E-state index is 14.8. The van der Waals surface area contributed by atoms with Crippen molar-refractivity contribution in [3.63, 3.8) is 0 Å². The number of fused-ring (bicyclic) bond motifs is 2. The van der Waals surface area contributed by atoms with Crippen LogP contribution in [0.1, 0.15) is 19.0 Å². The quantitative estimate of drug-likeness (QED) is 0.657. The van der Waals surface area contributed by atoms with Gasteiger partial charge in [0.25, 0.3) is 5.19 Å². The first-order valence-corrected chi connectivity index (χ1v) is 10.6. The minimum atomic E-state index is -1.58. The van der Waals surface area contributed by atoms with Gasteiger partial charge in [-0.25, -0.2) is 13.5 Å². The molecular formula is C20H21F2N5O2S. The van der Waals surface area contributed by atoms with E-state index in [9.17, 15) is 13.9 Å². The number of aromatic nitrogens is 4. The summed E-state index contributed by atoms with van der Waals surface area (Å²) in [5.74, 6) is -0.269. The minimum absolute atomic E-state index is 0.0276. The predicted octanol–water partition coefficient (Wildman–Crippen LogP) is 3.21. The smallest absolute Gasteiger partial charge is 0.294 e. The molecule has 10 heteroatoms. The first kappa shape index (κ1) is 19.4. The number of ether oxygens (including phenoxy) is 1. The van der Waals surface area contributed by atoms with Crippen LogP contribution in [-0.2, 0) is 0 Å². The molecule has 158 valence electrons. The average molecular weight is 433 g/mol. The van der Waals surface area contributed by atoms with Crippen LogP contribution >= 0.6 is 11.3 Å². The molecule has 0 radical (unpaired) electrons. The molecule has 5 unspecified atom stereocenters. The van der Waals surface area contributed by atoms with Gasteiger partial charge in [-0.1, -0.05) is 16.4 Å². The Hall–Kier alpha value is -2.59. The molecule has 2 N–H and O–H groups in total. The third kappa shape index (κ3) is 3.14. The van der Waals surface area contributed by atoms with Crippen molar-refractivity contribution in [3.05, 3.63) is 36.2 Å². The largest absolute Gasteiger partial charge is 0.507 e. The number of phenolic OH excluding ortho intramolecular Hbond substituents is 1. The highest BCUT2D eigenvalue weighted by molar-refractivity contribution is 7.16. The highest BCUT2D eigenvalue weighted by atomic mass is 32.1. The highest BCUT2D eigenvalue weighted by Crippen LogP contribution is 2.44. The van der Waals surface area contributed by atoms with Gasteiger partial charge in [-0.2, -0.15) is 5.10 Å². The van der Waals surface area contributed by atoms with E-state index in [1.165, 1.54) is 6.92 Å². The Bertz CT molecular complexity index is 1080. The number of hydrogen-bond acceptors (Lipinski definition) is 7. The van der Waals surface area contributed by atoms with Gasteiger partial charge in [-0.05, 0) is 38.5 Å². The number of benzene rings is 1. The fourth-order valence-electron chi connectivity index (χ4n) is 4.30. The lowest BCUT2D eigenvalue weighted by atomic mass is 9.76. The van der Waals surface area contributed by atoms with Gasteiger partial charge in [0.1, 0.15) is 17.5 Å². The molecule has 1 saturated carbocycles. The lowest BCUT2D eigenvalue weighted by Gasteiger charge is -2.39. The topological polar surface area (TPSA) is 85.1 Å². The van der Waals surface area contributed by atoms with E-state index in [4.69, 9.17) is 4.74 Å². The monoisotopic (exact) mass is 433 g/mol. The lowest BCUT2D eigenvalue weighted by molar-refractivity contribution is -0.0387. The summed E-state index contributed by atoms with van der Waals surface area (Å²) in [6.45, 7) is 3.78. The molecule has 2 bridgehead atoms.